The van der Waals surface area contributed by atoms with E-state index in [1.165, 1.54) is 0 Å². The molecule has 0 fully saturated rings. The van der Waals surface area contributed by atoms with Gasteiger partial charge in [-0.15, -0.1) is 0 Å². The van der Waals surface area contributed by atoms with Gasteiger partial charge in [0.25, 0.3) is 0 Å². The van der Waals surface area contributed by atoms with E-state index in [-0.39, 0.29) is 57.8 Å². The molecule has 0 aromatic heterocycles. The van der Waals surface area contributed by atoms with Crippen LogP contribution in [0.5, 0.6) is 0 Å². The number of halogens is 4. The van der Waals surface area contributed by atoms with Crippen LogP contribution in [0.2, 0.25) is 6.32 Å². The van der Waals surface area contributed by atoms with Crippen LogP contribution in [0.15, 0.2) is 0 Å². The Hall–Kier alpha value is 2.22. The molecule has 0 aromatic carbocycles. The largest absolute Gasteiger partial charge is 1.00 e. The second kappa shape index (κ2) is 6.90. The molecule has 6 heteroatoms. The van der Waals surface area contributed by atoms with E-state index >= 15 is 0 Å². The summed E-state index contributed by atoms with van der Waals surface area (Å²) in [6.45, 7) is -4.51. The van der Waals surface area contributed by atoms with Gasteiger partial charge in [0.05, 0.1) is 0 Å². The molecule has 0 saturated carbocycles. The topological polar surface area (TPSA) is 0 Å². The molecule has 0 aromatic rings. The van der Waals surface area contributed by atoms with Crippen molar-refractivity contribution in [2.45, 2.75) is 12.7 Å². The molecule has 0 nitrogen and oxygen atoms in total. The fourth-order valence-electron chi connectivity index (χ4n) is 0.309. The van der Waals surface area contributed by atoms with Crippen molar-refractivity contribution in [2.75, 3.05) is 4.43 Å². The van der Waals surface area contributed by atoms with Gasteiger partial charge in [0.1, 0.15) is 0 Å². The second-order valence-electron chi connectivity index (χ2n) is 1.54. The summed E-state index contributed by atoms with van der Waals surface area (Å²) in [5, 5.41) is 0. The summed E-state index contributed by atoms with van der Waals surface area (Å²) in [5.41, 5.74) is 0. The van der Waals surface area contributed by atoms with Gasteiger partial charge in [-0.3, -0.25) is 0 Å². The molecule has 0 rings (SSSR count). The molecule has 0 aliphatic rings. The Labute approximate surface area is 109 Å². The van der Waals surface area contributed by atoms with Crippen molar-refractivity contribution in [2.24, 2.45) is 0 Å². The van der Waals surface area contributed by atoms with Crippen LogP contribution in [0.25, 0.3) is 0 Å². The van der Waals surface area contributed by atoms with E-state index < -0.39 is 13.3 Å². The average Bonchev–Trinajstić information content (AvgIpc) is 1.59. The zero-order valence-corrected chi connectivity index (χ0v) is 10.5. The fourth-order valence-corrected chi connectivity index (χ4v) is 0.749. The summed E-state index contributed by atoms with van der Waals surface area (Å²) in [6, 6.07) is 0. The van der Waals surface area contributed by atoms with Gasteiger partial charge in [0.15, 0.2) is 0 Å². The molecule has 0 bridgehead atoms. The number of rotatable bonds is 3. The van der Waals surface area contributed by atoms with Gasteiger partial charge in [-0.05, 0) is 4.43 Å². The Kier molecular flexibility index (Phi) is 10.6. The SMILES string of the molecule is F[B-](F)(F)CCCI.[K+]. The van der Waals surface area contributed by atoms with Crippen molar-refractivity contribution in [3.05, 3.63) is 0 Å². The maximum absolute atomic E-state index is 11.3. The van der Waals surface area contributed by atoms with E-state index in [0.29, 0.717) is 4.43 Å². The predicted molar refractivity (Wildman–Crippen MR) is 37.4 cm³/mol. The molecular weight excluding hydrogens is 270 g/mol. The van der Waals surface area contributed by atoms with E-state index in [9.17, 15) is 12.9 Å². The minimum Gasteiger partial charge on any atom is -0.449 e. The maximum Gasteiger partial charge on any atom is 1.00 e. The van der Waals surface area contributed by atoms with Crippen LogP contribution in [-0.4, -0.2) is 11.4 Å². The summed E-state index contributed by atoms with van der Waals surface area (Å²) in [7, 11) is 0. The minimum absolute atomic E-state index is 0. The molecule has 0 spiro atoms. The van der Waals surface area contributed by atoms with Crippen LogP contribution in [0.3, 0.4) is 0 Å². The van der Waals surface area contributed by atoms with Crippen molar-refractivity contribution >= 4 is 29.6 Å². The summed E-state index contributed by atoms with van der Waals surface area (Å²) in [6.07, 6.45) is -0.312. The van der Waals surface area contributed by atoms with Gasteiger partial charge in [0.2, 0.25) is 0 Å². The van der Waals surface area contributed by atoms with E-state index in [4.69, 9.17) is 0 Å². The van der Waals surface area contributed by atoms with Gasteiger partial charge in [-0.2, -0.15) is 0 Å². The molecule has 0 atom stereocenters. The van der Waals surface area contributed by atoms with Gasteiger partial charge in [-0.25, -0.2) is 0 Å². The molecule has 0 heterocycles. The molecule has 0 aliphatic carbocycles. The first-order valence-electron chi connectivity index (χ1n) is 2.33. The summed E-state index contributed by atoms with van der Waals surface area (Å²) in [5.74, 6) is 0. The first-order valence-corrected chi connectivity index (χ1v) is 3.86. The van der Waals surface area contributed by atoms with Crippen molar-refractivity contribution < 1.29 is 64.3 Å². The normalized spacial score (nSPS) is 10.7. The van der Waals surface area contributed by atoms with Gasteiger partial charge < -0.3 is 12.9 Å². The molecule has 0 aliphatic heterocycles. The van der Waals surface area contributed by atoms with E-state index in [1.807, 2.05) is 22.6 Å². The third-order valence-electron chi connectivity index (χ3n) is 0.665. The summed E-state index contributed by atoms with van der Waals surface area (Å²) < 4.78 is 34.5. The van der Waals surface area contributed by atoms with Crippen molar-refractivity contribution in [1.29, 1.82) is 0 Å². The molecule has 0 N–H and O–H groups in total. The van der Waals surface area contributed by atoms with E-state index in [2.05, 4.69) is 0 Å². The number of hydrogen-bond acceptors (Lipinski definition) is 0. The van der Waals surface area contributed by atoms with Gasteiger partial charge >= 0.3 is 58.4 Å². The predicted octanol–water partition coefficient (Wildman–Crippen LogP) is -0.337. The Balaban J connectivity index is 0. The Morgan fingerprint density at radius 1 is 1.22 bits per heavy atom. The molecule has 50 valence electrons. The minimum atomic E-state index is -4.51. The van der Waals surface area contributed by atoms with Crippen molar-refractivity contribution in [3.63, 3.8) is 0 Å². The van der Waals surface area contributed by atoms with Crippen LogP contribution in [0, 0.1) is 0 Å². The molecule has 9 heavy (non-hydrogen) atoms. The average molecular weight is 276 g/mol. The van der Waals surface area contributed by atoms with Crippen LogP contribution < -0.4 is 51.4 Å². The Bertz CT molecular complexity index is 66.6. The monoisotopic (exact) mass is 276 g/mol. The van der Waals surface area contributed by atoms with Gasteiger partial charge in [0, 0.05) is 0 Å². The first kappa shape index (κ1) is 13.8. The second-order valence-corrected chi connectivity index (χ2v) is 2.62. The van der Waals surface area contributed by atoms with Crippen LogP contribution in [0.1, 0.15) is 6.42 Å². The van der Waals surface area contributed by atoms with Crippen molar-refractivity contribution in [3.8, 4) is 0 Å². The first-order chi connectivity index (χ1) is 3.56. The maximum atomic E-state index is 11.3. The number of hydrogen-bond donors (Lipinski definition) is 0. The summed E-state index contributed by atoms with van der Waals surface area (Å²) in [4.78, 5) is 0. The third kappa shape index (κ3) is 13.2. The van der Waals surface area contributed by atoms with E-state index in [0.717, 1.165) is 0 Å². The molecule has 0 amide bonds. The van der Waals surface area contributed by atoms with Crippen LogP contribution in [-0.2, 0) is 0 Å². The Morgan fingerprint density at radius 2 is 1.67 bits per heavy atom. The molecule has 0 radical (unpaired) electrons. The zero-order valence-electron chi connectivity index (χ0n) is 5.21. The smallest absolute Gasteiger partial charge is 0.449 e. The number of alkyl halides is 1. The van der Waals surface area contributed by atoms with Crippen LogP contribution >= 0.6 is 22.6 Å². The third-order valence-corrected chi connectivity index (χ3v) is 1.43. The zero-order chi connectivity index (χ0) is 6.62. The Morgan fingerprint density at radius 3 is 1.78 bits per heavy atom. The molecule has 0 saturated heterocycles. The molecule has 0 unspecified atom stereocenters. The van der Waals surface area contributed by atoms with Gasteiger partial charge in [-0.1, -0.05) is 35.3 Å². The quantitative estimate of drug-likeness (QED) is 0.376. The van der Waals surface area contributed by atoms with E-state index in [1.54, 1.807) is 0 Å². The standard InChI is InChI=1S/C3H6BF3I.K/c5-4(6,7)2-1-3-8;/h1-3H2;/q-1;+1. The fraction of sp³-hybridized carbons (Fsp3) is 1.00. The van der Waals surface area contributed by atoms with Crippen molar-refractivity contribution in [1.82, 2.24) is 0 Å². The molecular formula is C3H6BF3IK. The summed E-state index contributed by atoms with van der Waals surface area (Å²) >= 11 is 1.94. The van der Waals surface area contributed by atoms with Crippen LogP contribution in [0.4, 0.5) is 12.9 Å².